The molecule has 0 N–H and O–H groups in total. The molecule has 1 aromatic heterocycles. The van der Waals surface area contributed by atoms with Crippen molar-refractivity contribution >= 4 is 44.4 Å². The summed E-state index contributed by atoms with van der Waals surface area (Å²) in [5.41, 5.74) is 12.3. The largest absolute Gasteiger partial charge is 0.493 e. The molecule has 302 valence electrons. The molecule has 0 aliphatic heterocycles. The van der Waals surface area contributed by atoms with Gasteiger partial charge < -0.3 is 9.31 Å². The normalized spacial score (nSPS) is 12.7. The lowest BCUT2D eigenvalue weighted by Crippen LogP contribution is -2.37. The molecule has 0 bridgehead atoms. The zero-order valence-electron chi connectivity index (χ0n) is 38.0. The maximum absolute atomic E-state index is 5.40. The number of hydrogen-bond acceptors (Lipinski definition) is 3. The zero-order valence-corrected chi connectivity index (χ0v) is 41.2. The lowest BCUT2D eigenvalue weighted by molar-refractivity contribution is 0.292. The SMILES string of the molecule is CC(C)(C)c1cc(-c2cccc(Br)n2)cc(C(C)(C)C)c1.CC(C)(C)c1cc(Br)cc(C(C)(C)C)c1.COB(OC)c1cc(C(C)(C)C)cc(C(C)(C)C)c1. The Labute approximate surface area is 354 Å². The highest BCUT2D eigenvalue weighted by Gasteiger charge is 2.26. The number of halogens is 2. The van der Waals surface area contributed by atoms with Crippen molar-refractivity contribution in [3.63, 3.8) is 0 Å². The first kappa shape index (κ1) is 48.9. The van der Waals surface area contributed by atoms with Gasteiger partial charge in [-0.15, -0.1) is 0 Å². The maximum atomic E-state index is 5.40. The van der Waals surface area contributed by atoms with E-state index in [0.717, 1.165) is 15.8 Å². The average molecular weight is 878 g/mol. The number of hydrogen-bond donors (Lipinski definition) is 0. The van der Waals surface area contributed by atoms with Crippen molar-refractivity contribution in [3.8, 4) is 11.3 Å². The van der Waals surface area contributed by atoms with E-state index in [1.54, 1.807) is 14.2 Å². The van der Waals surface area contributed by atoms with E-state index in [-0.39, 0.29) is 39.6 Å². The van der Waals surface area contributed by atoms with Crippen LogP contribution in [0, 0.1) is 0 Å². The predicted octanol–water partition coefficient (Wildman–Crippen LogP) is 14.4. The Morgan fingerprint density at radius 1 is 0.436 bits per heavy atom. The number of rotatable bonds is 4. The smallest absolute Gasteiger partial charge is 0.410 e. The van der Waals surface area contributed by atoms with Gasteiger partial charge in [0.05, 0.1) is 5.69 Å². The van der Waals surface area contributed by atoms with E-state index in [2.05, 4.69) is 222 Å². The summed E-state index contributed by atoms with van der Waals surface area (Å²) >= 11 is 7.06. The highest BCUT2D eigenvalue weighted by Crippen LogP contribution is 2.35. The van der Waals surface area contributed by atoms with E-state index >= 15 is 0 Å². The van der Waals surface area contributed by atoms with E-state index in [9.17, 15) is 0 Å². The first-order valence-corrected chi connectivity index (χ1v) is 21.2. The van der Waals surface area contributed by atoms with Crippen molar-refractivity contribution < 1.29 is 9.31 Å². The molecule has 3 nitrogen and oxygen atoms in total. The second-order valence-electron chi connectivity index (χ2n) is 21.0. The van der Waals surface area contributed by atoms with Crippen LogP contribution in [-0.2, 0) is 41.8 Å². The van der Waals surface area contributed by atoms with E-state index in [1.165, 1.54) is 43.4 Å². The number of aromatic nitrogens is 1. The zero-order chi connectivity index (χ0) is 42.5. The molecule has 4 rings (SSSR count). The van der Waals surface area contributed by atoms with Gasteiger partial charge in [0.15, 0.2) is 0 Å². The summed E-state index contributed by atoms with van der Waals surface area (Å²) in [7, 11) is 3.05. The van der Waals surface area contributed by atoms with Crippen LogP contribution in [0.4, 0.5) is 0 Å². The molecule has 4 aromatic rings. The van der Waals surface area contributed by atoms with E-state index in [1.807, 2.05) is 12.1 Å². The van der Waals surface area contributed by atoms with Crippen LogP contribution in [0.25, 0.3) is 11.3 Å². The topological polar surface area (TPSA) is 31.4 Å². The van der Waals surface area contributed by atoms with Gasteiger partial charge in [0, 0.05) is 24.3 Å². The minimum absolute atomic E-state index is 0.113. The predicted molar refractivity (Wildman–Crippen MR) is 250 cm³/mol. The van der Waals surface area contributed by atoms with Crippen LogP contribution in [0.15, 0.2) is 81.9 Å². The van der Waals surface area contributed by atoms with Crippen LogP contribution in [0.3, 0.4) is 0 Å². The van der Waals surface area contributed by atoms with Gasteiger partial charge in [0.2, 0.25) is 0 Å². The fourth-order valence-corrected chi connectivity index (χ4v) is 6.53. The van der Waals surface area contributed by atoms with Crippen LogP contribution < -0.4 is 5.46 Å². The summed E-state index contributed by atoms with van der Waals surface area (Å²) in [5.74, 6) is 0. The quantitative estimate of drug-likeness (QED) is 0.151. The Hall–Kier alpha value is -2.25. The lowest BCUT2D eigenvalue weighted by atomic mass is 9.71. The third-order valence-electron chi connectivity index (χ3n) is 9.69. The summed E-state index contributed by atoms with van der Waals surface area (Å²) < 4.78 is 12.9. The van der Waals surface area contributed by atoms with Gasteiger partial charge >= 0.3 is 7.12 Å². The molecule has 6 heteroatoms. The van der Waals surface area contributed by atoms with Crippen LogP contribution in [0.5, 0.6) is 0 Å². The van der Waals surface area contributed by atoms with Crippen molar-refractivity contribution in [1.82, 2.24) is 4.98 Å². The van der Waals surface area contributed by atoms with Crippen LogP contribution in [0.1, 0.15) is 158 Å². The molecule has 1 heterocycles. The second-order valence-corrected chi connectivity index (χ2v) is 22.7. The van der Waals surface area contributed by atoms with Gasteiger partial charge in [0.1, 0.15) is 4.60 Å². The summed E-state index contributed by atoms with van der Waals surface area (Å²) in [5, 5.41) is 0. The summed E-state index contributed by atoms with van der Waals surface area (Å²) in [6, 6.07) is 26.4. The Morgan fingerprint density at radius 3 is 1.04 bits per heavy atom. The lowest BCUT2D eigenvalue weighted by Gasteiger charge is -2.26. The summed E-state index contributed by atoms with van der Waals surface area (Å²) in [6.07, 6.45) is 0. The third kappa shape index (κ3) is 15.2. The second kappa shape index (κ2) is 18.6. The van der Waals surface area contributed by atoms with Crippen molar-refractivity contribution in [3.05, 3.63) is 115 Å². The monoisotopic (exact) mass is 875 g/mol. The fourth-order valence-electron chi connectivity index (χ4n) is 5.69. The van der Waals surface area contributed by atoms with Crippen molar-refractivity contribution in [2.24, 2.45) is 0 Å². The Balaban J connectivity index is 0.000000289. The molecule has 0 aliphatic carbocycles. The molecule has 0 atom stereocenters. The van der Waals surface area contributed by atoms with Crippen molar-refractivity contribution in [1.29, 1.82) is 0 Å². The highest BCUT2D eigenvalue weighted by molar-refractivity contribution is 9.10. The van der Waals surface area contributed by atoms with Gasteiger partial charge in [0.25, 0.3) is 0 Å². The highest BCUT2D eigenvalue weighted by atomic mass is 79.9. The first-order chi connectivity index (χ1) is 24.8. The number of nitrogens with zero attached hydrogens (tertiary/aromatic N) is 1. The standard InChI is InChI=1S/C19H24BrN.C16H27BO2.C14H21Br/c1-18(2,3)14-10-13(11-15(12-14)19(4,5)6)16-8-7-9-17(20)21-16;1-15(2,3)12-9-13(16(4,5)6)11-14(10-12)17(18-7)19-8;1-13(2,3)10-7-11(14(4,5)6)9-12(15)8-10/h7-12H,1-6H3;9-11H,1-8H3;7-9H,1-6H3. The number of pyridine rings is 1. The maximum Gasteiger partial charge on any atom is 0.493 e. The molecule has 3 aromatic carbocycles. The fraction of sp³-hybridized carbons (Fsp3) is 0.531. The number of benzene rings is 3. The Morgan fingerprint density at radius 2 is 0.745 bits per heavy atom. The molecular formula is C49H72BBr2NO2. The van der Waals surface area contributed by atoms with Gasteiger partial charge in [-0.2, -0.15) is 0 Å². The molecule has 55 heavy (non-hydrogen) atoms. The minimum atomic E-state index is -0.302. The van der Waals surface area contributed by atoms with E-state index in [0.29, 0.717) is 0 Å². The van der Waals surface area contributed by atoms with E-state index < -0.39 is 0 Å². The molecule has 0 saturated carbocycles. The summed E-state index contributed by atoms with van der Waals surface area (Å²) in [4.78, 5) is 4.61. The first-order valence-electron chi connectivity index (χ1n) is 19.6. The van der Waals surface area contributed by atoms with Crippen LogP contribution >= 0.6 is 31.9 Å². The summed E-state index contributed by atoms with van der Waals surface area (Å²) in [6.45, 7) is 40.4. The molecule has 0 radical (unpaired) electrons. The van der Waals surface area contributed by atoms with Crippen LogP contribution in [0.2, 0.25) is 0 Å². The molecule has 0 spiro atoms. The molecule has 0 unspecified atom stereocenters. The van der Waals surface area contributed by atoms with Crippen molar-refractivity contribution in [2.75, 3.05) is 14.2 Å². The molecule has 0 amide bonds. The van der Waals surface area contributed by atoms with Gasteiger partial charge in [-0.3, -0.25) is 0 Å². The van der Waals surface area contributed by atoms with Crippen molar-refractivity contribution in [2.45, 2.75) is 157 Å². The molecular weight excluding hydrogens is 805 g/mol. The minimum Gasteiger partial charge on any atom is -0.410 e. The Bertz CT molecular complexity index is 1760. The van der Waals surface area contributed by atoms with Gasteiger partial charge in [-0.05, 0) is 124 Å². The van der Waals surface area contributed by atoms with E-state index in [4.69, 9.17) is 9.31 Å². The third-order valence-corrected chi connectivity index (χ3v) is 10.6. The molecule has 0 fully saturated rings. The van der Waals surface area contributed by atoms with Gasteiger partial charge in [-0.1, -0.05) is 177 Å². The molecule has 0 saturated heterocycles. The average Bonchev–Trinajstić information content (AvgIpc) is 3.03. The van der Waals surface area contributed by atoms with Gasteiger partial charge in [-0.25, -0.2) is 4.98 Å². The molecule has 0 aliphatic rings. The van der Waals surface area contributed by atoms with Crippen LogP contribution in [-0.4, -0.2) is 26.3 Å². The Kier molecular flexibility index (Phi) is 16.5.